The minimum Gasteiger partial charge on any atom is -0.462 e. The molecule has 26 heavy (non-hydrogen) atoms. The average Bonchev–Trinajstić information content (AvgIpc) is 2.51. The third-order valence-electron chi connectivity index (χ3n) is 3.30. The highest BCUT2D eigenvalue weighted by Crippen LogP contribution is 2.33. The molecule has 0 radical (unpaired) electrons. The van der Waals surface area contributed by atoms with Crippen molar-refractivity contribution >= 4 is 28.3 Å². The number of ether oxygens (including phenoxy) is 1. The van der Waals surface area contributed by atoms with Gasteiger partial charge in [-0.15, -0.1) is 11.8 Å². The lowest BCUT2D eigenvalue weighted by Gasteiger charge is -2.22. The van der Waals surface area contributed by atoms with Crippen molar-refractivity contribution in [2.75, 3.05) is 13.1 Å². The highest BCUT2D eigenvalue weighted by molar-refractivity contribution is 8.00. The molecule has 1 aliphatic heterocycles. The molecule has 0 spiro atoms. The second-order valence-electron chi connectivity index (χ2n) is 6.63. The number of thioether (sulfide) groups is 1. The van der Waals surface area contributed by atoms with E-state index in [0.29, 0.717) is 6.47 Å². The van der Waals surface area contributed by atoms with Crippen LogP contribution in [0.4, 0.5) is 8.78 Å². The van der Waals surface area contributed by atoms with Gasteiger partial charge in [0.15, 0.2) is 11.6 Å². The Hall–Kier alpha value is -1.23. The quantitative estimate of drug-likeness (QED) is 0.740. The zero-order valence-electron chi connectivity index (χ0n) is 14.9. The smallest absolute Gasteiger partial charge is 0.293 e. The predicted molar refractivity (Wildman–Crippen MR) is 96.4 cm³/mol. The first-order valence-corrected chi connectivity index (χ1v) is 10.4. The second-order valence-corrected chi connectivity index (χ2v) is 9.50. The molecule has 1 aliphatic rings. The van der Waals surface area contributed by atoms with Crippen LogP contribution in [0.5, 0.6) is 0 Å². The van der Waals surface area contributed by atoms with Crippen molar-refractivity contribution in [3.8, 4) is 0 Å². The third kappa shape index (κ3) is 7.56. The molecule has 1 fully saturated rings. The second kappa shape index (κ2) is 9.63. The van der Waals surface area contributed by atoms with Crippen molar-refractivity contribution in [1.29, 1.82) is 0 Å². The molecule has 0 saturated carbocycles. The molecule has 0 aromatic heterocycles. The van der Waals surface area contributed by atoms with Crippen LogP contribution in [0.1, 0.15) is 33.6 Å². The normalized spacial score (nSPS) is 15.8. The summed E-state index contributed by atoms with van der Waals surface area (Å²) in [4.78, 5) is 8.91. The van der Waals surface area contributed by atoms with Crippen molar-refractivity contribution in [2.45, 2.75) is 54.3 Å². The predicted octanol–water partition coefficient (Wildman–Crippen LogP) is 2.41. The Morgan fingerprint density at radius 3 is 2.23 bits per heavy atom. The fourth-order valence-corrected chi connectivity index (χ4v) is 3.83. The van der Waals surface area contributed by atoms with Crippen LogP contribution in [0, 0.1) is 11.6 Å². The van der Waals surface area contributed by atoms with Gasteiger partial charge in [-0.3, -0.25) is 4.79 Å². The number of sulfonamides is 1. The van der Waals surface area contributed by atoms with E-state index in [1.54, 1.807) is 0 Å². The van der Waals surface area contributed by atoms with Gasteiger partial charge in [-0.05, 0) is 58.8 Å². The zero-order chi connectivity index (χ0) is 20.0. The van der Waals surface area contributed by atoms with Gasteiger partial charge in [0.05, 0.1) is 0 Å². The molecule has 1 heterocycles. The molecular formula is C16H24F2N2O4S2. The van der Waals surface area contributed by atoms with E-state index in [1.165, 1.54) is 17.8 Å². The summed E-state index contributed by atoms with van der Waals surface area (Å²) < 4.78 is 54.1. The van der Waals surface area contributed by atoms with E-state index in [-0.39, 0.29) is 15.7 Å². The Bertz CT molecular complexity index is 716. The molecule has 1 aromatic carbocycles. The van der Waals surface area contributed by atoms with Crippen LogP contribution < -0.4 is 10.5 Å². The topological polar surface area (TPSA) is 98.5 Å². The molecule has 3 N–H and O–H groups in total. The van der Waals surface area contributed by atoms with Crippen LogP contribution in [0.25, 0.3) is 0 Å². The Balaban J connectivity index is 0.000000412. The Morgan fingerprint density at radius 2 is 1.81 bits per heavy atom. The van der Waals surface area contributed by atoms with E-state index in [9.17, 15) is 22.0 Å². The maximum atomic E-state index is 13.8. The van der Waals surface area contributed by atoms with Crippen LogP contribution in [0.3, 0.4) is 0 Å². The van der Waals surface area contributed by atoms with Crippen molar-refractivity contribution in [1.82, 2.24) is 5.32 Å². The summed E-state index contributed by atoms with van der Waals surface area (Å²) in [7, 11) is -4.24. The first kappa shape index (κ1) is 22.8. The van der Waals surface area contributed by atoms with Crippen molar-refractivity contribution in [2.24, 2.45) is 5.14 Å². The van der Waals surface area contributed by atoms with E-state index in [1.807, 2.05) is 20.8 Å². The Kier molecular flexibility index (Phi) is 8.45. The molecule has 10 heteroatoms. The molecular weight excluding hydrogens is 386 g/mol. The maximum absolute atomic E-state index is 13.8. The van der Waals surface area contributed by atoms with Crippen LogP contribution in [0.15, 0.2) is 21.9 Å². The number of nitrogens with two attached hydrogens (primary N) is 1. The first-order chi connectivity index (χ1) is 12.0. The lowest BCUT2D eigenvalue weighted by Crippen LogP contribution is -2.29. The molecule has 6 nitrogen and oxygen atoms in total. The molecule has 1 aromatic rings. The maximum Gasteiger partial charge on any atom is 0.293 e. The minimum atomic E-state index is -4.24. The number of carbonyl (C=O) groups is 1. The van der Waals surface area contributed by atoms with Gasteiger partial charge in [0.25, 0.3) is 6.47 Å². The fraction of sp³-hybridized carbons (Fsp3) is 0.562. The molecule has 0 amide bonds. The highest BCUT2D eigenvalue weighted by Gasteiger charge is 2.23. The molecule has 148 valence electrons. The highest BCUT2D eigenvalue weighted by atomic mass is 32.2. The van der Waals surface area contributed by atoms with Crippen molar-refractivity contribution in [3.63, 3.8) is 0 Å². The van der Waals surface area contributed by atoms with Gasteiger partial charge >= 0.3 is 0 Å². The van der Waals surface area contributed by atoms with Crippen LogP contribution in [-0.2, 0) is 19.6 Å². The summed E-state index contributed by atoms with van der Waals surface area (Å²) >= 11 is 1.23. The molecule has 0 bridgehead atoms. The fourth-order valence-electron chi connectivity index (χ4n) is 2.06. The first-order valence-electron chi connectivity index (χ1n) is 7.95. The third-order valence-corrected chi connectivity index (χ3v) is 5.60. The van der Waals surface area contributed by atoms with Gasteiger partial charge < -0.3 is 10.1 Å². The number of hydrogen-bond acceptors (Lipinski definition) is 6. The molecule has 0 aliphatic carbocycles. The van der Waals surface area contributed by atoms with E-state index >= 15 is 0 Å². The van der Waals surface area contributed by atoms with Crippen LogP contribution in [-0.4, -0.2) is 38.8 Å². The Morgan fingerprint density at radius 1 is 1.23 bits per heavy atom. The van der Waals surface area contributed by atoms with Crippen molar-refractivity contribution in [3.05, 3.63) is 23.8 Å². The monoisotopic (exact) mass is 410 g/mol. The van der Waals surface area contributed by atoms with Crippen LogP contribution >= 0.6 is 11.8 Å². The number of halogens is 2. The van der Waals surface area contributed by atoms with E-state index in [0.717, 1.165) is 32.0 Å². The molecule has 2 rings (SSSR count). The standard InChI is InChI=1S/C11H14F2N2O2S2.C5H10O2/c12-10-8(18-7-3-5-15-6-4-7)1-2-9(11(10)13)19(14,16)17;1-5(2,3)7-4-6/h1-2,7,15H,3-6H2,(H2,14,16,17);4H,1-3H3. The number of benzene rings is 1. The van der Waals surface area contributed by atoms with Gasteiger partial charge in [-0.2, -0.15) is 0 Å². The number of primary sulfonamides is 1. The van der Waals surface area contributed by atoms with E-state index in [4.69, 9.17) is 5.14 Å². The Labute approximate surface area is 156 Å². The van der Waals surface area contributed by atoms with Gasteiger partial charge in [0.1, 0.15) is 10.5 Å². The van der Waals surface area contributed by atoms with Gasteiger partial charge in [0, 0.05) is 10.1 Å². The summed E-state index contributed by atoms with van der Waals surface area (Å²) in [6.45, 7) is 7.61. The number of rotatable bonds is 4. The summed E-state index contributed by atoms with van der Waals surface area (Å²) in [6, 6.07) is 2.28. The molecule has 0 atom stereocenters. The SMILES string of the molecule is CC(C)(C)OC=O.NS(=O)(=O)c1ccc(SC2CCNCC2)c(F)c1F. The van der Waals surface area contributed by atoms with Crippen molar-refractivity contribution < 1.29 is 26.7 Å². The van der Waals surface area contributed by atoms with Gasteiger partial charge in [0.2, 0.25) is 10.0 Å². The summed E-state index contributed by atoms with van der Waals surface area (Å²) in [6.07, 6.45) is 1.73. The lowest BCUT2D eigenvalue weighted by molar-refractivity contribution is -0.138. The van der Waals surface area contributed by atoms with Gasteiger partial charge in [-0.25, -0.2) is 22.3 Å². The van der Waals surface area contributed by atoms with E-state index < -0.39 is 26.6 Å². The zero-order valence-corrected chi connectivity index (χ0v) is 16.6. The number of hydrogen-bond donors (Lipinski definition) is 2. The number of piperidine rings is 1. The van der Waals surface area contributed by atoms with Gasteiger partial charge in [-0.1, -0.05) is 0 Å². The average molecular weight is 411 g/mol. The summed E-state index contributed by atoms with van der Waals surface area (Å²) in [5.74, 6) is -2.54. The summed E-state index contributed by atoms with van der Waals surface area (Å²) in [5.41, 5.74) is -0.318. The van der Waals surface area contributed by atoms with E-state index in [2.05, 4.69) is 10.1 Å². The number of nitrogens with one attached hydrogen (secondary N) is 1. The summed E-state index contributed by atoms with van der Waals surface area (Å²) in [5, 5.41) is 8.19. The molecule has 1 saturated heterocycles. The molecule has 0 unspecified atom stereocenters. The van der Waals surface area contributed by atoms with Crippen LogP contribution in [0.2, 0.25) is 0 Å². The minimum absolute atomic E-state index is 0.122. The number of carbonyl (C=O) groups excluding carboxylic acids is 1. The largest absolute Gasteiger partial charge is 0.462 e. The lowest BCUT2D eigenvalue weighted by atomic mass is 10.2.